The minimum absolute atomic E-state index is 0. The van der Waals surface area contributed by atoms with Gasteiger partial charge in [-0.15, -0.1) is 0 Å². The molecule has 0 aliphatic heterocycles. The normalized spacial score (nSPS) is 8.65. The Bertz CT molecular complexity index is 232. The van der Waals surface area contributed by atoms with Crippen LogP contribution in [0.25, 0.3) is 0 Å². The molecule has 6 heteroatoms. The fraction of sp³-hybridized carbons (Fsp3) is 0.636. The number of carbonyl (C=O) groups is 2. The van der Waals surface area contributed by atoms with Gasteiger partial charge in [-0.05, 0) is 5.92 Å². The van der Waals surface area contributed by atoms with Gasteiger partial charge in [0, 0.05) is 39.1 Å². The molecule has 0 aliphatic carbocycles. The van der Waals surface area contributed by atoms with Gasteiger partial charge in [0.25, 0.3) is 0 Å². The molecule has 17 heavy (non-hydrogen) atoms. The summed E-state index contributed by atoms with van der Waals surface area (Å²) in [6, 6.07) is 0. The maximum atomic E-state index is 11.0. The van der Waals surface area contributed by atoms with Crippen LogP contribution in [0.2, 0.25) is 0 Å². The van der Waals surface area contributed by atoms with Crippen LogP contribution < -0.4 is 5.32 Å². The molecule has 0 saturated carbocycles. The predicted molar refractivity (Wildman–Crippen MR) is 60.1 cm³/mol. The first-order valence-electron chi connectivity index (χ1n) is 4.83. The van der Waals surface area contributed by atoms with Crippen LogP contribution in [-0.4, -0.2) is 31.3 Å². The van der Waals surface area contributed by atoms with Gasteiger partial charge < -0.3 is 22.3 Å². The number of hydrogen-bond donors (Lipinski definition) is 1. The number of esters is 1. The van der Waals surface area contributed by atoms with E-state index < -0.39 is 5.97 Å². The maximum Gasteiger partial charge on any atom is 0.306 e. The zero-order valence-electron chi connectivity index (χ0n) is 10.6. The summed E-state index contributed by atoms with van der Waals surface area (Å²) in [7, 11) is 0. The standard InChI is InChI=1S/C10H16NO4.CH3.Y/c1-8(2)7-15-10(14)4-3-9(13)11-5-6-12;;/h8H,3-5,7H2,1-2H3,(H,11,13);1H3;/q2*-1;. The van der Waals surface area contributed by atoms with E-state index in [1.807, 2.05) is 13.8 Å². The van der Waals surface area contributed by atoms with Gasteiger partial charge in [0.2, 0.25) is 5.91 Å². The van der Waals surface area contributed by atoms with Gasteiger partial charge in [-0.1, -0.05) is 20.4 Å². The van der Waals surface area contributed by atoms with Crippen molar-refractivity contribution in [1.29, 1.82) is 0 Å². The third-order valence-electron chi connectivity index (χ3n) is 1.49. The van der Waals surface area contributed by atoms with Gasteiger partial charge in [-0.2, -0.15) is 0 Å². The van der Waals surface area contributed by atoms with E-state index in [1.54, 1.807) is 0 Å². The topological polar surface area (TPSA) is 72.5 Å². The first-order valence-corrected chi connectivity index (χ1v) is 4.83. The predicted octanol–water partition coefficient (Wildman–Crippen LogP) is 0.639. The second kappa shape index (κ2) is 13.8. The summed E-state index contributed by atoms with van der Waals surface area (Å²) < 4.78 is 4.86. The number of amides is 1. The first-order chi connectivity index (χ1) is 7.06. The fourth-order valence-electron chi connectivity index (χ4n) is 0.770. The Morgan fingerprint density at radius 2 is 1.88 bits per heavy atom. The molecule has 0 aromatic heterocycles. The third kappa shape index (κ3) is 15.7. The fourth-order valence-corrected chi connectivity index (χ4v) is 0.770. The zero-order valence-corrected chi connectivity index (χ0v) is 13.5. The summed E-state index contributed by atoms with van der Waals surface area (Å²) in [6.07, 6.45) is 1.61. The number of ether oxygens (including phenoxy) is 1. The van der Waals surface area contributed by atoms with E-state index in [4.69, 9.17) is 4.74 Å². The van der Waals surface area contributed by atoms with Crippen molar-refractivity contribution in [2.75, 3.05) is 13.2 Å². The summed E-state index contributed by atoms with van der Waals surface area (Å²) in [4.78, 5) is 31.8. The molecule has 1 amide bonds. The van der Waals surface area contributed by atoms with Crippen molar-refractivity contribution in [2.24, 2.45) is 5.92 Å². The van der Waals surface area contributed by atoms with Crippen LogP contribution in [0.3, 0.4) is 0 Å². The molecule has 0 unspecified atom stereocenters. The molecule has 0 aliphatic rings. The molecular formula is C11H19NO4Y-2. The summed E-state index contributed by atoms with van der Waals surface area (Å²) in [5.74, 6) is -0.457. The zero-order chi connectivity index (χ0) is 11.7. The van der Waals surface area contributed by atoms with Crippen LogP contribution in [0, 0.1) is 13.3 Å². The number of nitrogens with one attached hydrogen (secondary N) is 1. The summed E-state index contributed by atoms with van der Waals surface area (Å²) >= 11 is 0. The van der Waals surface area contributed by atoms with Gasteiger partial charge in [-0.3, -0.25) is 9.59 Å². The van der Waals surface area contributed by atoms with Crippen molar-refractivity contribution in [3.63, 3.8) is 0 Å². The molecule has 1 N–H and O–H groups in total. The van der Waals surface area contributed by atoms with Crippen LogP contribution in [0.15, 0.2) is 0 Å². The van der Waals surface area contributed by atoms with Gasteiger partial charge in [0.05, 0.1) is 13.0 Å². The van der Waals surface area contributed by atoms with Crippen molar-refractivity contribution < 1.29 is 51.8 Å². The number of rotatable bonds is 7. The first kappa shape index (κ1) is 21.9. The van der Waals surface area contributed by atoms with Crippen molar-refractivity contribution in [3.8, 4) is 0 Å². The van der Waals surface area contributed by atoms with Crippen LogP contribution in [0.5, 0.6) is 0 Å². The molecule has 0 aromatic carbocycles. The molecule has 0 saturated heterocycles. The molecule has 0 rings (SSSR count). The van der Waals surface area contributed by atoms with Crippen LogP contribution in [0.4, 0.5) is 0 Å². The quantitative estimate of drug-likeness (QED) is 0.552. The Kier molecular flexibility index (Phi) is 17.8. The second-order valence-electron chi connectivity index (χ2n) is 3.50. The Hall–Kier alpha value is -0.286. The third-order valence-corrected chi connectivity index (χ3v) is 1.49. The molecule has 97 valence electrons. The molecule has 0 fully saturated rings. The van der Waals surface area contributed by atoms with Gasteiger partial charge >= 0.3 is 5.97 Å². The van der Waals surface area contributed by atoms with Crippen molar-refractivity contribution in [2.45, 2.75) is 26.7 Å². The van der Waals surface area contributed by atoms with E-state index in [1.165, 1.54) is 6.29 Å². The summed E-state index contributed by atoms with van der Waals surface area (Å²) in [6.45, 7) is 4.09. The van der Waals surface area contributed by atoms with E-state index in [0.29, 0.717) is 6.61 Å². The van der Waals surface area contributed by atoms with Gasteiger partial charge in [0.15, 0.2) is 0 Å². The van der Waals surface area contributed by atoms with Crippen LogP contribution >= 0.6 is 0 Å². The Balaban J connectivity index is -0.000000980. The Morgan fingerprint density at radius 1 is 1.29 bits per heavy atom. The smallest absolute Gasteiger partial charge is 0.306 e. The van der Waals surface area contributed by atoms with Gasteiger partial charge in [-0.25, -0.2) is 6.29 Å². The van der Waals surface area contributed by atoms with E-state index in [2.05, 4.69) is 5.32 Å². The number of hydrogen-bond acceptors (Lipinski definition) is 4. The van der Waals surface area contributed by atoms with Crippen molar-refractivity contribution in [3.05, 3.63) is 7.43 Å². The maximum absolute atomic E-state index is 11.0. The van der Waals surface area contributed by atoms with Crippen LogP contribution in [0.1, 0.15) is 26.7 Å². The molecule has 0 aromatic rings. The van der Waals surface area contributed by atoms with E-state index in [0.717, 1.165) is 0 Å². The minimum Gasteiger partial charge on any atom is -0.540 e. The summed E-state index contributed by atoms with van der Waals surface area (Å²) in [5, 5.41) is 2.28. The average molecular weight is 318 g/mol. The molecule has 0 atom stereocenters. The Morgan fingerprint density at radius 3 is 2.35 bits per heavy atom. The largest absolute Gasteiger partial charge is 0.540 e. The molecular weight excluding hydrogens is 299 g/mol. The molecule has 0 spiro atoms. The Labute approximate surface area is 128 Å². The second-order valence-corrected chi connectivity index (χ2v) is 3.50. The van der Waals surface area contributed by atoms with E-state index in [-0.39, 0.29) is 71.3 Å². The summed E-state index contributed by atoms with van der Waals surface area (Å²) in [5.41, 5.74) is 0. The van der Waals surface area contributed by atoms with E-state index in [9.17, 15) is 14.4 Å². The average Bonchev–Trinajstić information content (AvgIpc) is 2.20. The van der Waals surface area contributed by atoms with Gasteiger partial charge in [0.1, 0.15) is 0 Å². The molecule has 0 heterocycles. The number of carbonyl (C=O) groups excluding carboxylic acids is 3. The SMILES string of the molecule is CC(C)COC(=O)CCC(=O)NC[C-]=O.[CH3-].[Y]. The van der Waals surface area contributed by atoms with E-state index >= 15 is 0 Å². The molecule has 5 nitrogen and oxygen atoms in total. The molecule has 1 radical (unpaired) electrons. The monoisotopic (exact) mass is 318 g/mol. The van der Waals surface area contributed by atoms with Crippen molar-refractivity contribution in [1.82, 2.24) is 5.32 Å². The minimum atomic E-state index is -0.395. The van der Waals surface area contributed by atoms with Crippen molar-refractivity contribution >= 4 is 18.2 Å². The van der Waals surface area contributed by atoms with Crippen LogP contribution in [-0.2, 0) is 51.8 Å². The molecule has 0 bridgehead atoms.